The van der Waals surface area contributed by atoms with Gasteiger partial charge in [-0.05, 0) is 30.5 Å². The van der Waals surface area contributed by atoms with Crippen LogP contribution in [0.3, 0.4) is 0 Å². The Morgan fingerprint density at radius 1 is 0.946 bits per heavy atom. The smallest absolute Gasteiger partial charge is 0.326 e. The first-order valence-electron chi connectivity index (χ1n) is 11.7. The predicted molar refractivity (Wildman–Crippen MR) is 132 cm³/mol. The van der Waals surface area contributed by atoms with E-state index in [4.69, 9.17) is 5.73 Å². The van der Waals surface area contributed by atoms with Gasteiger partial charge in [0.15, 0.2) is 0 Å². The highest BCUT2D eigenvalue weighted by atomic mass is 16.4. The zero-order valence-corrected chi connectivity index (χ0v) is 20.8. The molecule has 1 aromatic heterocycles. The van der Waals surface area contributed by atoms with E-state index in [2.05, 4.69) is 25.9 Å². The summed E-state index contributed by atoms with van der Waals surface area (Å²) in [5, 5.41) is 36.2. The molecule has 37 heavy (non-hydrogen) atoms. The molecule has 1 heterocycles. The van der Waals surface area contributed by atoms with Crippen molar-refractivity contribution in [1.29, 1.82) is 0 Å². The van der Waals surface area contributed by atoms with Crippen LogP contribution >= 0.6 is 0 Å². The van der Waals surface area contributed by atoms with Gasteiger partial charge in [0.2, 0.25) is 17.7 Å². The summed E-state index contributed by atoms with van der Waals surface area (Å²) >= 11 is 0. The maximum Gasteiger partial charge on any atom is 0.326 e. The van der Waals surface area contributed by atoms with Crippen LogP contribution in [0.5, 0.6) is 5.75 Å². The first-order chi connectivity index (χ1) is 17.4. The van der Waals surface area contributed by atoms with E-state index in [1.165, 1.54) is 31.6 Å². The Hall–Kier alpha value is -3.97. The van der Waals surface area contributed by atoms with Crippen molar-refractivity contribution in [3.05, 3.63) is 48.0 Å². The Bertz CT molecular complexity index is 1060. The van der Waals surface area contributed by atoms with Crippen molar-refractivity contribution in [1.82, 2.24) is 25.9 Å². The number of carbonyl (C=O) groups excluding carboxylic acids is 3. The van der Waals surface area contributed by atoms with Crippen molar-refractivity contribution in [3.8, 4) is 5.75 Å². The molecule has 0 fully saturated rings. The van der Waals surface area contributed by atoms with Crippen molar-refractivity contribution in [2.45, 2.75) is 63.9 Å². The molecule has 0 saturated heterocycles. The highest BCUT2D eigenvalue weighted by Gasteiger charge is 2.32. The number of carbonyl (C=O) groups is 4. The second-order valence-corrected chi connectivity index (χ2v) is 9.11. The number of H-pyrrole nitrogens is 1. The van der Waals surface area contributed by atoms with Gasteiger partial charge in [-0.15, -0.1) is 0 Å². The average molecular weight is 519 g/mol. The summed E-state index contributed by atoms with van der Waals surface area (Å²) in [6.45, 7) is 4.68. The van der Waals surface area contributed by atoms with Gasteiger partial charge >= 0.3 is 5.97 Å². The van der Waals surface area contributed by atoms with Gasteiger partial charge in [0, 0.05) is 24.7 Å². The summed E-state index contributed by atoms with van der Waals surface area (Å²) in [7, 11) is 0. The number of aromatic amines is 1. The molecule has 0 aliphatic carbocycles. The number of aliphatic carboxylic acids is 1. The molecule has 0 aliphatic heterocycles. The zero-order valence-electron chi connectivity index (χ0n) is 20.8. The fraction of sp³-hybridized carbons (Fsp3) is 0.458. The van der Waals surface area contributed by atoms with E-state index in [1.807, 2.05) is 0 Å². The van der Waals surface area contributed by atoms with Crippen LogP contribution in [0.1, 0.15) is 32.0 Å². The Labute approximate surface area is 213 Å². The number of carboxylic acid groups (broad SMARTS) is 1. The number of nitrogens with two attached hydrogens (primary N) is 1. The van der Waals surface area contributed by atoms with Crippen molar-refractivity contribution in [2.75, 3.05) is 0 Å². The molecule has 2 rings (SSSR count). The van der Waals surface area contributed by atoms with E-state index >= 15 is 0 Å². The number of aromatic hydroxyl groups is 1. The van der Waals surface area contributed by atoms with E-state index in [-0.39, 0.29) is 18.6 Å². The zero-order chi connectivity index (χ0) is 27.7. The molecule has 0 saturated carbocycles. The number of rotatable bonds is 13. The molecule has 13 heteroatoms. The number of hydrogen-bond acceptors (Lipinski definition) is 8. The van der Waals surface area contributed by atoms with Gasteiger partial charge in [-0.25, -0.2) is 9.78 Å². The Balaban J connectivity index is 2.16. The number of aliphatic hydroxyl groups excluding tert-OH is 1. The summed E-state index contributed by atoms with van der Waals surface area (Å²) in [5.74, 6) is -3.88. The van der Waals surface area contributed by atoms with E-state index in [9.17, 15) is 34.5 Å². The lowest BCUT2D eigenvalue weighted by molar-refractivity contribution is -0.142. The molecule has 202 valence electrons. The van der Waals surface area contributed by atoms with Crippen LogP contribution in [-0.4, -0.2) is 79.2 Å². The average Bonchev–Trinajstić information content (AvgIpc) is 3.34. The quantitative estimate of drug-likeness (QED) is 0.159. The molecule has 0 bridgehead atoms. The van der Waals surface area contributed by atoms with Crippen LogP contribution in [0.4, 0.5) is 0 Å². The van der Waals surface area contributed by atoms with Gasteiger partial charge in [-0.3, -0.25) is 14.4 Å². The fourth-order valence-corrected chi connectivity index (χ4v) is 3.43. The lowest BCUT2D eigenvalue weighted by atomic mass is 10.00. The van der Waals surface area contributed by atoms with Gasteiger partial charge in [0.05, 0.1) is 12.4 Å². The molecule has 13 nitrogen and oxygen atoms in total. The third-order valence-corrected chi connectivity index (χ3v) is 5.67. The Kier molecular flexibility index (Phi) is 10.6. The molecule has 0 spiro atoms. The molecule has 2 aromatic rings. The summed E-state index contributed by atoms with van der Waals surface area (Å²) < 4.78 is 0. The SMILES string of the molecule is CC(C)C(NC(=O)C(Cc1cnc[nH]1)NC(=O)C(N)C(C)O)C(=O)NC(Cc1ccc(O)cc1)C(=O)O. The maximum absolute atomic E-state index is 13.2. The highest BCUT2D eigenvalue weighted by molar-refractivity contribution is 5.94. The molecule has 5 unspecified atom stereocenters. The minimum atomic E-state index is -1.29. The fourth-order valence-electron chi connectivity index (χ4n) is 3.43. The monoisotopic (exact) mass is 518 g/mol. The van der Waals surface area contributed by atoms with Crippen LogP contribution in [-0.2, 0) is 32.0 Å². The van der Waals surface area contributed by atoms with Crippen LogP contribution in [0.2, 0.25) is 0 Å². The van der Waals surface area contributed by atoms with E-state index in [1.54, 1.807) is 26.0 Å². The normalized spacial score (nSPS) is 15.2. The van der Waals surface area contributed by atoms with Gasteiger partial charge in [-0.2, -0.15) is 0 Å². The highest BCUT2D eigenvalue weighted by Crippen LogP contribution is 2.12. The number of amides is 3. The first-order valence-corrected chi connectivity index (χ1v) is 11.7. The number of aliphatic hydroxyl groups is 1. The second-order valence-electron chi connectivity index (χ2n) is 9.11. The molecule has 0 radical (unpaired) electrons. The lowest BCUT2D eigenvalue weighted by Crippen LogP contribution is -2.59. The number of nitrogens with one attached hydrogen (secondary N) is 4. The van der Waals surface area contributed by atoms with Gasteiger partial charge < -0.3 is 42.0 Å². The van der Waals surface area contributed by atoms with E-state index in [0.29, 0.717) is 11.3 Å². The van der Waals surface area contributed by atoms with Gasteiger partial charge in [0.1, 0.15) is 29.9 Å². The minimum absolute atomic E-state index is 0.00482. The molecule has 5 atom stereocenters. The molecular weight excluding hydrogens is 484 g/mol. The van der Waals surface area contributed by atoms with Crippen LogP contribution < -0.4 is 21.7 Å². The Morgan fingerprint density at radius 2 is 1.57 bits per heavy atom. The lowest BCUT2D eigenvalue weighted by Gasteiger charge is -2.27. The minimum Gasteiger partial charge on any atom is -0.508 e. The first kappa shape index (κ1) is 29.3. The third-order valence-electron chi connectivity index (χ3n) is 5.67. The largest absolute Gasteiger partial charge is 0.508 e. The van der Waals surface area contributed by atoms with Crippen molar-refractivity contribution < 1.29 is 34.5 Å². The second kappa shape index (κ2) is 13.4. The number of nitrogens with zero attached hydrogens (tertiary/aromatic N) is 1. The molecule has 0 aliphatic rings. The molecule has 9 N–H and O–H groups in total. The number of carboxylic acids is 1. The molecular formula is C24H34N6O7. The van der Waals surface area contributed by atoms with Gasteiger partial charge in [-0.1, -0.05) is 26.0 Å². The van der Waals surface area contributed by atoms with Crippen LogP contribution in [0.25, 0.3) is 0 Å². The Morgan fingerprint density at radius 3 is 2.08 bits per heavy atom. The predicted octanol–water partition coefficient (Wildman–Crippen LogP) is -1.20. The van der Waals surface area contributed by atoms with Crippen molar-refractivity contribution >= 4 is 23.7 Å². The molecule has 1 aromatic carbocycles. The summed E-state index contributed by atoms with van der Waals surface area (Å²) in [6.07, 6.45) is 1.66. The topological polar surface area (TPSA) is 220 Å². The van der Waals surface area contributed by atoms with Crippen LogP contribution in [0, 0.1) is 5.92 Å². The van der Waals surface area contributed by atoms with E-state index in [0.717, 1.165) is 0 Å². The number of hydrogen-bond donors (Lipinski definition) is 8. The summed E-state index contributed by atoms with van der Waals surface area (Å²) in [5.41, 5.74) is 6.79. The van der Waals surface area contributed by atoms with Gasteiger partial charge in [0.25, 0.3) is 0 Å². The number of benzene rings is 1. The third kappa shape index (κ3) is 8.88. The number of imidazole rings is 1. The maximum atomic E-state index is 13.2. The molecule has 3 amide bonds. The number of phenolic OH excluding ortho intramolecular Hbond substituents is 1. The van der Waals surface area contributed by atoms with Crippen LogP contribution in [0.15, 0.2) is 36.8 Å². The number of aromatic nitrogens is 2. The van der Waals surface area contributed by atoms with Crippen molar-refractivity contribution in [3.63, 3.8) is 0 Å². The summed E-state index contributed by atoms with van der Waals surface area (Å²) in [6, 6.07) is 1.03. The number of phenols is 1. The van der Waals surface area contributed by atoms with E-state index < -0.39 is 59.9 Å². The summed E-state index contributed by atoms with van der Waals surface area (Å²) in [4.78, 5) is 57.2. The standard InChI is InChI=1S/C24H34N6O7/c1-12(2)20(23(35)29-18(24(36)37)8-14-4-6-16(32)7-5-14)30-21(33)17(9-15-10-26-11-27-15)28-22(34)19(25)13(3)31/h4-7,10-13,17-20,31-32H,8-9,25H2,1-3H3,(H,26,27)(H,28,34)(H,29,35)(H,30,33)(H,36,37). The van der Waals surface area contributed by atoms with Crippen molar-refractivity contribution in [2.24, 2.45) is 11.7 Å².